The number of hydrogen-bond acceptors (Lipinski definition) is 8. The molecule has 0 aliphatic heterocycles. The first kappa shape index (κ1) is 23.7. The first-order chi connectivity index (χ1) is 10.6. The van der Waals surface area contributed by atoms with Crippen molar-refractivity contribution in [3.63, 3.8) is 0 Å². The van der Waals surface area contributed by atoms with Gasteiger partial charge in [-0.3, -0.25) is 0 Å². The monoisotopic (exact) mass is 422 g/mol. The van der Waals surface area contributed by atoms with Crippen molar-refractivity contribution in [2.75, 3.05) is 39.9 Å². The average Bonchev–Trinajstić information content (AvgIpc) is 2.52. The molecule has 0 N–H and O–H groups in total. The largest absolute Gasteiger partial charge is 0.356 e. The highest BCUT2D eigenvalue weighted by atomic mass is 33.7. The summed E-state index contributed by atoms with van der Waals surface area (Å²) in [7, 11) is 16.7. The second-order valence-corrected chi connectivity index (χ2v) is 14.2. The Hall–Kier alpha value is 1.67. The molecule has 0 fully saturated rings. The van der Waals surface area contributed by atoms with E-state index >= 15 is 0 Å². The zero-order valence-corrected chi connectivity index (χ0v) is 21.7. The Morgan fingerprint density at radius 1 is 0.682 bits per heavy atom. The van der Waals surface area contributed by atoms with Crippen LogP contribution in [0.5, 0.6) is 0 Å². The highest BCUT2D eigenvalue weighted by molar-refractivity contribution is 9.26. The Morgan fingerprint density at radius 3 is 1.27 bits per heavy atom. The molecule has 0 aromatic rings. The van der Waals surface area contributed by atoms with Gasteiger partial charge in [0, 0.05) is 60.4 Å². The average molecular weight is 423 g/mol. The van der Waals surface area contributed by atoms with Gasteiger partial charge in [0.1, 0.15) is 0 Å². The summed E-state index contributed by atoms with van der Waals surface area (Å²) in [5.41, 5.74) is 1.12. The maximum atomic E-state index is 5.30. The van der Waals surface area contributed by atoms with E-state index in [2.05, 4.69) is 0 Å². The minimum Gasteiger partial charge on any atom is -0.356 e. The van der Waals surface area contributed by atoms with E-state index in [9.17, 15) is 0 Å². The molecule has 0 aliphatic carbocycles. The van der Waals surface area contributed by atoms with Crippen molar-refractivity contribution in [3.8, 4) is 0 Å². The lowest BCUT2D eigenvalue weighted by Crippen LogP contribution is -2.20. The van der Waals surface area contributed by atoms with Gasteiger partial charge in [0.2, 0.25) is 0 Å². The third-order valence-corrected chi connectivity index (χ3v) is 12.1. The molecule has 10 heteroatoms. The maximum absolute atomic E-state index is 5.30. The lowest BCUT2D eigenvalue weighted by molar-refractivity contribution is -0.105. The van der Waals surface area contributed by atoms with Crippen LogP contribution >= 0.6 is 41.2 Å². The van der Waals surface area contributed by atoms with Crippen molar-refractivity contribution in [1.82, 2.24) is 0 Å². The van der Waals surface area contributed by atoms with E-state index in [1.54, 1.807) is 28.4 Å². The molecular formula is C12H30O4S4Si2. The SMILES string of the molecule is COC(OC)C([SiH3])CCSSSSCCC([SiH3])C(OC)OC. The Kier molecular flexibility index (Phi) is 17.4. The van der Waals surface area contributed by atoms with Crippen LogP contribution in [0.2, 0.25) is 11.1 Å². The summed E-state index contributed by atoms with van der Waals surface area (Å²) in [5.74, 6) is 2.29. The second kappa shape index (κ2) is 16.2. The molecule has 0 amide bonds. The number of ether oxygens (including phenoxy) is 4. The Labute approximate surface area is 156 Å². The molecule has 0 aromatic heterocycles. The molecule has 2 unspecified atom stereocenters. The lowest BCUT2D eigenvalue weighted by Gasteiger charge is -2.20. The summed E-state index contributed by atoms with van der Waals surface area (Å²) in [6, 6.07) is 0. The van der Waals surface area contributed by atoms with Crippen molar-refractivity contribution in [2.45, 2.75) is 36.5 Å². The molecule has 0 rings (SSSR count). The molecule has 134 valence electrons. The summed E-state index contributed by atoms with van der Waals surface area (Å²) in [6.45, 7) is 0. The van der Waals surface area contributed by atoms with Gasteiger partial charge in [0.05, 0.1) is 0 Å². The summed E-state index contributed by atoms with van der Waals surface area (Å²) < 4.78 is 21.2. The lowest BCUT2D eigenvalue weighted by atomic mass is 10.3. The molecular weight excluding hydrogens is 393 g/mol. The van der Waals surface area contributed by atoms with Gasteiger partial charge in [-0.15, -0.1) is 0 Å². The zero-order valence-electron chi connectivity index (χ0n) is 14.4. The quantitative estimate of drug-likeness (QED) is 0.172. The van der Waals surface area contributed by atoms with Gasteiger partial charge in [0.15, 0.2) is 12.6 Å². The number of hydrogen-bond donors (Lipinski definition) is 0. The fourth-order valence-electron chi connectivity index (χ4n) is 1.97. The Bertz CT molecular complexity index is 225. The molecule has 0 aliphatic rings. The minimum atomic E-state index is -0.0283. The molecule has 0 aromatic carbocycles. The van der Waals surface area contributed by atoms with Gasteiger partial charge in [-0.1, -0.05) is 21.6 Å². The van der Waals surface area contributed by atoms with Crippen LogP contribution in [0.25, 0.3) is 0 Å². The standard InChI is InChI=1S/C12H30O4S4Si2/c1-13-11(14-2)9(21)5-7-17-19-20-18-8-6-10(22)12(15-3)16-4/h9-12H,5-8H2,1-4,21-22H3. The van der Waals surface area contributed by atoms with E-state index in [4.69, 9.17) is 18.9 Å². The van der Waals surface area contributed by atoms with Crippen molar-refractivity contribution < 1.29 is 18.9 Å². The van der Waals surface area contributed by atoms with Gasteiger partial charge >= 0.3 is 0 Å². The summed E-state index contributed by atoms with van der Waals surface area (Å²) in [6.07, 6.45) is 2.26. The van der Waals surface area contributed by atoms with E-state index in [0.717, 1.165) is 44.8 Å². The van der Waals surface area contributed by atoms with Crippen LogP contribution < -0.4 is 0 Å². The molecule has 22 heavy (non-hydrogen) atoms. The highest BCUT2D eigenvalue weighted by Gasteiger charge is 2.16. The normalized spacial score (nSPS) is 15.0. The van der Waals surface area contributed by atoms with Crippen molar-refractivity contribution in [2.24, 2.45) is 0 Å². The van der Waals surface area contributed by atoms with Crippen LogP contribution in [0.1, 0.15) is 12.8 Å². The molecule has 4 nitrogen and oxygen atoms in total. The van der Waals surface area contributed by atoms with Crippen LogP contribution in [0, 0.1) is 0 Å². The van der Waals surface area contributed by atoms with E-state index in [0.29, 0.717) is 11.1 Å². The summed E-state index contributed by atoms with van der Waals surface area (Å²) >= 11 is 0. The molecule has 0 saturated carbocycles. The minimum absolute atomic E-state index is 0.0283. The number of methoxy groups -OCH3 is 4. The smallest absolute Gasteiger partial charge is 0.156 e. The third kappa shape index (κ3) is 11.3. The molecule has 0 bridgehead atoms. The van der Waals surface area contributed by atoms with E-state index in [1.165, 1.54) is 0 Å². The fraction of sp³-hybridized carbons (Fsp3) is 1.00. The van der Waals surface area contributed by atoms with Crippen molar-refractivity contribution in [1.29, 1.82) is 0 Å². The highest BCUT2D eigenvalue weighted by Crippen LogP contribution is 2.44. The van der Waals surface area contributed by atoms with Gasteiger partial charge < -0.3 is 18.9 Å². The predicted octanol–water partition coefficient (Wildman–Crippen LogP) is 1.99. The molecule has 0 radical (unpaired) electrons. The van der Waals surface area contributed by atoms with E-state index in [1.807, 2.05) is 41.2 Å². The van der Waals surface area contributed by atoms with Gasteiger partial charge in [-0.2, -0.15) is 0 Å². The Balaban J connectivity index is 3.47. The third-order valence-electron chi connectivity index (χ3n) is 3.30. The van der Waals surface area contributed by atoms with E-state index < -0.39 is 0 Å². The molecule has 0 spiro atoms. The topological polar surface area (TPSA) is 36.9 Å². The second-order valence-electron chi connectivity index (χ2n) is 4.99. The van der Waals surface area contributed by atoms with Crippen LogP contribution in [-0.4, -0.2) is 73.0 Å². The predicted molar refractivity (Wildman–Crippen MR) is 112 cm³/mol. The van der Waals surface area contributed by atoms with E-state index in [-0.39, 0.29) is 12.6 Å². The fourth-order valence-corrected chi connectivity index (χ4v) is 10.9. The zero-order chi connectivity index (χ0) is 16.8. The van der Waals surface area contributed by atoms with Gasteiger partial charge in [-0.25, -0.2) is 0 Å². The summed E-state index contributed by atoms with van der Waals surface area (Å²) in [4.78, 5) is 0. The van der Waals surface area contributed by atoms with Crippen LogP contribution in [-0.2, 0) is 18.9 Å². The molecule has 0 heterocycles. The summed E-state index contributed by atoms with van der Waals surface area (Å²) in [5, 5.41) is 0. The van der Waals surface area contributed by atoms with Crippen molar-refractivity contribution >= 4 is 61.7 Å². The van der Waals surface area contributed by atoms with Crippen LogP contribution in [0.15, 0.2) is 0 Å². The van der Waals surface area contributed by atoms with Crippen LogP contribution in [0.4, 0.5) is 0 Å². The Morgan fingerprint density at radius 2 is 1.00 bits per heavy atom. The number of rotatable bonds is 15. The first-order valence-corrected chi connectivity index (χ1v) is 14.8. The van der Waals surface area contributed by atoms with Gasteiger partial charge in [-0.05, 0) is 43.6 Å². The van der Waals surface area contributed by atoms with Crippen molar-refractivity contribution in [3.05, 3.63) is 0 Å². The molecule has 0 saturated heterocycles. The van der Waals surface area contributed by atoms with Gasteiger partial charge in [0.25, 0.3) is 0 Å². The first-order valence-electron chi connectivity index (χ1n) is 7.29. The molecule has 2 atom stereocenters. The maximum Gasteiger partial charge on any atom is 0.156 e. The van der Waals surface area contributed by atoms with Crippen LogP contribution in [0.3, 0.4) is 0 Å².